The fourth-order valence-electron chi connectivity index (χ4n) is 0.352. The van der Waals surface area contributed by atoms with Crippen LogP contribution in [0.1, 0.15) is 20.8 Å². The highest BCUT2D eigenvalue weighted by Crippen LogP contribution is 2.08. The van der Waals surface area contributed by atoms with Crippen molar-refractivity contribution in [2.45, 2.75) is 32.5 Å². The number of rotatable bonds is 4. The maximum absolute atomic E-state index is 10.3. The Morgan fingerprint density at radius 1 is 1.50 bits per heavy atom. The van der Waals surface area contributed by atoms with Crippen LogP contribution in [0.5, 0.6) is 0 Å². The number of aliphatic carboxylic acids is 1. The first-order valence-corrected chi connectivity index (χ1v) is 3.55. The minimum absolute atomic E-state index is 0.580. The molecule has 0 amide bonds. The minimum atomic E-state index is -1.32. The van der Waals surface area contributed by atoms with Gasteiger partial charge in [-0.2, -0.15) is 0 Å². The summed E-state index contributed by atoms with van der Waals surface area (Å²) in [6.07, 6.45) is -1.32. The molecule has 2 N–H and O–H groups in total. The predicted molar refractivity (Wildman–Crippen MR) is 40.4 cm³/mol. The highest BCUT2D eigenvalue weighted by molar-refractivity contribution is 5.72. The third-order valence-electron chi connectivity index (χ3n) is 0.856. The summed E-state index contributed by atoms with van der Waals surface area (Å²) in [5.41, 5.74) is -0.580. The number of carboxylic acid groups (broad SMARTS) is 1. The average Bonchev–Trinajstić information content (AvgIpc) is 1.85. The molecule has 0 bridgehead atoms. The number of aliphatic hydroxyl groups excluding tert-OH is 1. The number of carboxylic acids is 1. The van der Waals surface area contributed by atoms with E-state index in [1.54, 1.807) is 20.8 Å². The summed E-state index contributed by atoms with van der Waals surface area (Å²) in [5, 5.41) is 16.9. The number of hydrogen-bond acceptors (Lipinski definition) is 4. The fourth-order valence-corrected chi connectivity index (χ4v) is 0.352. The van der Waals surface area contributed by atoms with Crippen LogP contribution in [0, 0.1) is 0 Å². The summed E-state index contributed by atoms with van der Waals surface area (Å²) in [5.74, 6) is -1.25. The quantitative estimate of drug-likeness (QED) is 0.474. The number of carbonyl (C=O) groups is 1. The van der Waals surface area contributed by atoms with Gasteiger partial charge in [-0.15, -0.1) is 0 Å². The topological polar surface area (TPSA) is 76.0 Å². The van der Waals surface area contributed by atoms with Gasteiger partial charge >= 0.3 is 5.97 Å². The molecule has 0 aromatic heterocycles. The lowest BCUT2D eigenvalue weighted by Gasteiger charge is -2.19. The van der Waals surface area contributed by atoms with E-state index in [1.807, 2.05) is 0 Å². The van der Waals surface area contributed by atoms with Crippen molar-refractivity contribution in [1.29, 1.82) is 0 Å². The molecule has 0 aliphatic heterocycles. The molecule has 0 fully saturated rings. The van der Waals surface area contributed by atoms with Gasteiger partial charge in [0.25, 0.3) is 0 Å². The van der Waals surface area contributed by atoms with Crippen molar-refractivity contribution < 1.29 is 24.8 Å². The molecule has 12 heavy (non-hydrogen) atoms. The van der Waals surface area contributed by atoms with Gasteiger partial charge in [0.15, 0.2) is 0 Å². The molecule has 0 aromatic carbocycles. The van der Waals surface area contributed by atoms with Crippen molar-refractivity contribution in [3.05, 3.63) is 0 Å². The van der Waals surface area contributed by atoms with Crippen LogP contribution < -0.4 is 0 Å². The van der Waals surface area contributed by atoms with Crippen LogP contribution in [0.4, 0.5) is 0 Å². The largest absolute Gasteiger partial charge is 0.479 e. The average molecular weight is 178 g/mol. The van der Waals surface area contributed by atoms with Gasteiger partial charge in [-0.25, -0.2) is 14.6 Å². The Morgan fingerprint density at radius 2 is 2.00 bits per heavy atom. The smallest absolute Gasteiger partial charge is 0.338 e. The Hall–Kier alpha value is -0.650. The van der Waals surface area contributed by atoms with Gasteiger partial charge in [0, 0.05) is 0 Å². The van der Waals surface area contributed by atoms with Crippen molar-refractivity contribution in [3.63, 3.8) is 0 Å². The zero-order valence-corrected chi connectivity index (χ0v) is 7.40. The second kappa shape index (κ2) is 4.39. The van der Waals surface area contributed by atoms with E-state index in [4.69, 9.17) is 15.1 Å². The van der Waals surface area contributed by atoms with Crippen LogP contribution in [-0.2, 0) is 14.6 Å². The van der Waals surface area contributed by atoms with E-state index in [2.05, 4.69) is 4.89 Å². The van der Waals surface area contributed by atoms with Crippen molar-refractivity contribution in [2.24, 2.45) is 0 Å². The molecule has 0 saturated heterocycles. The Bertz CT molecular complexity index is 148. The van der Waals surface area contributed by atoms with Gasteiger partial charge in [0.2, 0.25) is 6.10 Å². The molecule has 5 heteroatoms. The van der Waals surface area contributed by atoms with E-state index in [1.165, 1.54) is 0 Å². The third-order valence-corrected chi connectivity index (χ3v) is 0.856. The molecule has 1 unspecified atom stereocenters. The molecule has 0 aromatic rings. The van der Waals surface area contributed by atoms with Gasteiger partial charge < -0.3 is 10.2 Å². The summed E-state index contributed by atoms with van der Waals surface area (Å²) < 4.78 is 0. The molecule has 72 valence electrons. The van der Waals surface area contributed by atoms with Gasteiger partial charge in [-0.05, 0) is 20.8 Å². The summed E-state index contributed by atoms with van der Waals surface area (Å²) >= 11 is 0. The van der Waals surface area contributed by atoms with E-state index >= 15 is 0 Å². The fraction of sp³-hybridized carbons (Fsp3) is 0.857. The minimum Gasteiger partial charge on any atom is -0.479 e. The summed E-state index contributed by atoms with van der Waals surface area (Å²) in [7, 11) is 0. The molecule has 5 nitrogen and oxygen atoms in total. The molecule has 0 heterocycles. The van der Waals surface area contributed by atoms with Crippen molar-refractivity contribution in [3.8, 4) is 0 Å². The molecule has 0 rings (SSSR count). The summed E-state index contributed by atoms with van der Waals surface area (Å²) in [4.78, 5) is 19.5. The lowest BCUT2D eigenvalue weighted by molar-refractivity contribution is -0.370. The first kappa shape index (κ1) is 11.4. The Balaban J connectivity index is 3.81. The summed E-state index contributed by atoms with van der Waals surface area (Å²) in [6.45, 7) is 4.53. The van der Waals surface area contributed by atoms with E-state index < -0.39 is 24.3 Å². The van der Waals surface area contributed by atoms with Crippen LogP contribution in [0.15, 0.2) is 0 Å². The lowest BCUT2D eigenvalue weighted by Crippen LogP contribution is -2.32. The summed E-state index contributed by atoms with van der Waals surface area (Å²) in [6, 6.07) is 0. The zero-order valence-electron chi connectivity index (χ0n) is 7.40. The van der Waals surface area contributed by atoms with Gasteiger partial charge in [-0.1, -0.05) is 0 Å². The van der Waals surface area contributed by atoms with Gasteiger partial charge in [-0.3, -0.25) is 0 Å². The molecule has 0 saturated carbocycles. The van der Waals surface area contributed by atoms with Crippen LogP contribution in [0.25, 0.3) is 0 Å². The van der Waals surface area contributed by atoms with Gasteiger partial charge in [0.1, 0.15) is 0 Å². The SMILES string of the molecule is CC(C)(C)OOC(CO)C(=O)O. The predicted octanol–water partition coefficient (Wildman–Crippen LogP) is 0.179. The molecule has 0 aliphatic rings. The second-order valence-electron chi connectivity index (χ2n) is 3.30. The number of aliphatic hydroxyl groups is 1. The van der Waals surface area contributed by atoms with Crippen LogP contribution in [-0.4, -0.2) is 34.5 Å². The molecule has 0 radical (unpaired) electrons. The standard InChI is InChI=1S/C7H14O5/c1-7(2,3)12-11-5(4-8)6(9)10/h5,8H,4H2,1-3H3,(H,9,10). The van der Waals surface area contributed by atoms with Crippen LogP contribution >= 0.6 is 0 Å². The molecular formula is C7H14O5. The maximum atomic E-state index is 10.3. The Morgan fingerprint density at radius 3 is 2.25 bits per heavy atom. The normalized spacial score (nSPS) is 14.3. The zero-order chi connectivity index (χ0) is 9.78. The molecule has 0 spiro atoms. The van der Waals surface area contributed by atoms with E-state index in [-0.39, 0.29) is 0 Å². The first-order chi connectivity index (χ1) is 5.37. The molecule has 0 aliphatic carbocycles. The molecular weight excluding hydrogens is 164 g/mol. The maximum Gasteiger partial charge on any atom is 0.338 e. The first-order valence-electron chi connectivity index (χ1n) is 3.55. The van der Waals surface area contributed by atoms with E-state index in [0.717, 1.165) is 0 Å². The Kier molecular flexibility index (Phi) is 4.16. The van der Waals surface area contributed by atoms with E-state index in [9.17, 15) is 4.79 Å². The van der Waals surface area contributed by atoms with Crippen molar-refractivity contribution in [1.82, 2.24) is 0 Å². The van der Waals surface area contributed by atoms with Crippen molar-refractivity contribution >= 4 is 5.97 Å². The van der Waals surface area contributed by atoms with Crippen molar-refractivity contribution in [2.75, 3.05) is 6.61 Å². The second-order valence-corrected chi connectivity index (χ2v) is 3.30. The lowest BCUT2D eigenvalue weighted by atomic mass is 10.2. The highest BCUT2D eigenvalue weighted by atomic mass is 17.2. The molecule has 1 atom stereocenters. The Labute approximate surface area is 70.8 Å². The third kappa shape index (κ3) is 5.06. The highest BCUT2D eigenvalue weighted by Gasteiger charge is 2.21. The van der Waals surface area contributed by atoms with Crippen LogP contribution in [0.3, 0.4) is 0 Å². The van der Waals surface area contributed by atoms with Gasteiger partial charge in [0.05, 0.1) is 12.2 Å². The van der Waals surface area contributed by atoms with E-state index in [0.29, 0.717) is 0 Å². The van der Waals surface area contributed by atoms with Crippen LogP contribution in [0.2, 0.25) is 0 Å². The number of hydrogen-bond donors (Lipinski definition) is 2. The monoisotopic (exact) mass is 178 g/mol.